The lowest BCUT2D eigenvalue weighted by Gasteiger charge is -2.04. The van der Waals surface area contributed by atoms with Crippen LogP contribution >= 0.6 is 0 Å². The van der Waals surface area contributed by atoms with Crippen LogP contribution in [0.1, 0.15) is 12.1 Å². The minimum absolute atomic E-state index is 0.439. The van der Waals surface area contributed by atoms with Gasteiger partial charge in [0, 0.05) is 29.9 Å². The largest absolute Gasteiger partial charge is 0.262 e. The van der Waals surface area contributed by atoms with E-state index in [1.54, 1.807) is 0 Å². The molecule has 0 unspecified atom stereocenters. The lowest BCUT2D eigenvalue weighted by molar-refractivity contribution is 0.618. The fourth-order valence-corrected chi connectivity index (χ4v) is 2.89. The predicted molar refractivity (Wildman–Crippen MR) is 72.4 cm³/mol. The summed E-state index contributed by atoms with van der Waals surface area (Å²) < 4.78 is 2.39. The summed E-state index contributed by atoms with van der Waals surface area (Å²) >= 11 is 0. The minimum atomic E-state index is 0.439. The summed E-state index contributed by atoms with van der Waals surface area (Å²) in [5.41, 5.74) is 4.01. The number of aryl methyl sites for hydroxylation is 1. The maximum Gasteiger partial charge on any atom is 0.244 e. The first-order valence-electron chi connectivity index (χ1n) is 6.69. The topological polar surface area (TPSA) is 41.1 Å². The van der Waals surface area contributed by atoms with Crippen molar-refractivity contribution >= 4 is 0 Å². The molecule has 2 aliphatic heterocycles. The summed E-state index contributed by atoms with van der Waals surface area (Å²) in [6.07, 6.45) is 2.98. The highest BCUT2D eigenvalue weighted by Crippen LogP contribution is 2.15. The maximum absolute atomic E-state index is 4.75. The molecule has 2 aliphatic rings. The van der Waals surface area contributed by atoms with Crippen molar-refractivity contribution < 1.29 is 0 Å². The van der Waals surface area contributed by atoms with Gasteiger partial charge in [0.25, 0.3) is 0 Å². The van der Waals surface area contributed by atoms with Crippen LogP contribution in [0.25, 0.3) is 11.3 Å². The average molecular weight is 251 g/mol. The Labute approximate surface area is 111 Å². The van der Waals surface area contributed by atoms with Gasteiger partial charge in [-0.1, -0.05) is 0 Å². The van der Waals surface area contributed by atoms with Crippen LogP contribution in [0.2, 0.25) is 0 Å². The van der Waals surface area contributed by atoms with Gasteiger partial charge in [0.15, 0.2) is 6.54 Å². The van der Waals surface area contributed by atoms with Gasteiger partial charge in [0.2, 0.25) is 10.8 Å². The molecule has 4 rings (SSSR count). The molecule has 0 amide bonds. The van der Waals surface area contributed by atoms with E-state index in [1.165, 1.54) is 5.36 Å². The van der Waals surface area contributed by atoms with Crippen molar-refractivity contribution in [2.24, 2.45) is 4.99 Å². The van der Waals surface area contributed by atoms with Crippen molar-refractivity contribution in [1.29, 1.82) is 0 Å². The van der Waals surface area contributed by atoms with Crippen molar-refractivity contribution in [2.45, 2.75) is 19.4 Å². The molecule has 0 aliphatic carbocycles. The predicted octanol–water partition coefficient (Wildman–Crippen LogP) is 0.349. The van der Waals surface area contributed by atoms with Crippen molar-refractivity contribution in [2.75, 3.05) is 13.1 Å². The number of nitrogens with zero attached hydrogens (tertiary/aromatic N) is 4. The first kappa shape index (κ1) is 10.8. The highest BCUT2D eigenvalue weighted by molar-refractivity contribution is 5.58. The molecule has 19 heavy (non-hydrogen) atoms. The fourth-order valence-electron chi connectivity index (χ4n) is 2.89. The Morgan fingerprint density at radius 3 is 3.11 bits per heavy atom. The van der Waals surface area contributed by atoms with E-state index < -0.39 is 0 Å². The molecular formula is C15H15N4+. The molecular weight excluding hydrogens is 236 g/mol. The number of hydrogen-bond donors (Lipinski definition) is 0. The summed E-state index contributed by atoms with van der Waals surface area (Å²) in [4.78, 5) is 13.7. The van der Waals surface area contributed by atoms with Crippen LogP contribution in [0.4, 0.5) is 0 Å². The zero-order valence-electron chi connectivity index (χ0n) is 10.9. The molecule has 0 radical (unpaired) electrons. The monoisotopic (exact) mass is 251 g/mol. The number of fused-ring (bicyclic) bond motifs is 3. The SMILES string of the molecule is Cc1cc(-c2ccc3c(n2)=N[C@H]2CC[N+]=3C2)ccn1. The van der Waals surface area contributed by atoms with E-state index in [1.807, 2.05) is 19.2 Å². The highest BCUT2D eigenvalue weighted by Gasteiger charge is 2.29. The Kier molecular flexibility index (Phi) is 2.24. The van der Waals surface area contributed by atoms with Crippen LogP contribution in [0.5, 0.6) is 0 Å². The van der Waals surface area contributed by atoms with Crippen LogP contribution < -0.4 is 15.4 Å². The van der Waals surface area contributed by atoms with E-state index in [9.17, 15) is 0 Å². The van der Waals surface area contributed by atoms with Crippen molar-refractivity contribution in [1.82, 2.24) is 14.5 Å². The summed E-state index contributed by atoms with van der Waals surface area (Å²) in [6, 6.07) is 8.74. The summed E-state index contributed by atoms with van der Waals surface area (Å²) in [5.74, 6) is 0. The summed E-state index contributed by atoms with van der Waals surface area (Å²) in [6.45, 7) is 4.16. The Morgan fingerprint density at radius 2 is 2.21 bits per heavy atom. The number of pyridine rings is 2. The Morgan fingerprint density at radius 1 is 1.26 bits per heavy atom. The second-order valence-electron chi connectivity index (χ2n) is 5.24. The zero-order chi connectivity index (χ0) is 12.8. The number of hydrogen-bond acceptors (Lipinski definition) is 3. The van der Waals surface area contributed by atoms with E-state index in [-0.39, 0.29) is 0 Å². The van der Waals surface area contributed by atoms with E-state index in [0.29, 0.717) is 6.04 Å². The molecule has 4 heteroatoms. The van der Waals surface area contributed by atoms with Gasteiger partial charge < -0.3 is 0 Å². The van der Waals surface area contributed by atoms with Gasteiger partial charge in [0.1, 0.15) is 12.6 Å². The molecule has 4 nitrogen and oxygen atoms in total. The molecule has 2 aromatic heterocycles. The van der Waals surface area contributed by atoms with Gasteiger partial charge in [-0.15, -0.1) is 0 Å². The molecule has 2 aromatic rings. The molecule has 0 aromatic carbocycles. The molecule has 94 valence electrons. The number of aromatic nitrogens is 2. The molecule has 0 N–H and O–H groups in total. The summed E-state index contributed by atoms with van der Waals surface area (Å²) in [7, 11) is 0. The normalized spacial score (nSPS) is 20.1. The molecule has 1 saturated heterocycles. The molecule has 4 heterocycles. The van der Waals surface area contributed by atoms with E-state index in [2.05, 4.69) is 27.8 Å². The minimum Gasteiger partial charge on any atom is -0.262 e. The van der Waals surface area contributed by atoms with Gasteiger partial charge in [0.05, 0.1) is 5.69 Å². The highest BCUT2D eigenvalue weighted by atomic mass is 15.1. The third-order valence-corrected chi connectivity index (χ3v) is 3.86. The quantitative estimate of drug-likeness (QED) is 0.686. The standard InChI is InChI=1S/C15H15N4/c1-10-8-11(4-6-16-10)13-2-3-14-15(18-13)17-12-5-7-19(14)9-12/h2-4,6,8,12H,5,7,9H2,1H3/q+1/t12-/m0/s1. The van der Waals surface area contributed by atoms with Gasteiger partial charge in [-0.05, 0) is 25.1 Å². The van der Waals surface area contributed by atoms with Crippen molar-refractivity contribution in [3.8, 4) is 11.3 Å². The second kappa shape index (κ2) is 3.95. The van der Waals surface area contributed by atoms with Crippen LogP contribution in [0.3, 0.4) is 0 Å². The lowest BCUT2D eigenvalue weighted by Crippen LogP contribution is -2.45. The smallest absolute Gasteiger partial charge is 0.244 e. The van der Waals surface area contributed by atoms with Crippen LogP contribution in [-0.4, -0.2) is 29.1 Å². The van der Waals surface area contributed by atoms with Gasteiger partial charge in [-0.3, -0.25) is 9.98 Å². The third kappa shape index (κ3) is 1.75. The average Bonchev–Trinajstić information content (AvgIpc) is 2.81. The molecule has 0 spiro atoms. The Bertz CT molecular complexity index is 779. The Hall–Kier alpha value is -2.10. The second-order valence-corrected chi connectivity index (χ2v) is 5.24. The van der Waals surface area contributed by atoms with E-state index in [4.69, 9.17) is 9.98 Å². The van der Waals surface area contributed by atoms with Crippen LogP contribution in [-0.2, 0) is 0 Å². The zero-order valence-corrected chi connectivity index (χ0v) is 10.9. The molecule has 2 bridgehead atoms. The third-order valence-electron chi connectivity index (χ3n) is 3.86. The Balaban J connectivity index is 1.93. The molecule has 1 atom stereocenters. The van der Waals surface area contributed by atoms with Gasteiger partial charge in [-0.2, -0.15) is 0 Å². The summed E-state index contributed by atoms with van der Waals surface area (Å²) in [5, 5.41) is 1.18. The lowest BCUT2D eigenvalue weighted by atomic mass is 10.1. The number of rotatable bonds is 1. The first-order valence-corrected chi connectivity index (χ1v) is 6.69. The molecule has 1 fully saturated rings. The molecule has 0 saturated carbocycles. The fraction of sp³-hybridized carbons (Fsp3) is 0.333. The van der Waals surface area contributed by atoms with E-state index >= 15 is 0 Å². The van der Waals surface area contributed by atoms with Crippen LogP contribution in [0.15, 0.2) is 35.5 Å². The van der Waals surface area contributed by atoms with Gasteiger partial charge in [-0.25, -0.2) is 9.56 Å². The van der Waals surface area contributed by atoms with Gasteiger partial charge >= 0.3 is 0 Å². The van der Waals surface area contributed by atoms with Crippen molar-refractivity contribution in [3.05, 3.63) is 47.0 Å². The first-order chi connectivity index (χ1) is 9.29. The van der Waals surface area contributed by atoms with Crippen LogP contribution in [0, 0.1) is 6.92 Å². The maximum atomic E-state index is 4.75. The van der Waals surface area contributed by atoms with Crippen molar-refractivity contribution in [3.63, 3.8) is 0 Å². The van der Waals surface area contributed by atoms with E-state index in [0.717, 1.165) is 41.9 Å².